The van der Waals surface area contributed by atoms with Gasteiger partial charge < -0.3 is 22.5 Å². The summed E-state index contributed by atoms with van der Waals surface area (Å²) in [4.78, 5) is 0. The summed E-state index contributed by atoms with van der Waals surface area (Å²) in [6.45, 7) is 0.542. The molecule has 0 saturated heterocycles. The standard InChI is InChI=1S/C13H15ClN4/c14-13-11(17)2-1-3-12(13)18-7-8-6-9(15)4-5-10(8)16/h1-6,18H,7,15-17H2. The fraction of sp³-hybridized carbons (Fsp3) is 0.0769. The van der Waals surface area contributed by atoms with E-state index in [0.29, 0.717) is 28.6 Å². The largest absolute Gasteiger partial charge is 0.399 e. The molecule has 7 N–H and O–H groups in total. The van der Waals surface area contributed by atoms with Gasteiger partial charge in [0.2, 0.25) is 0 Å². The highest BCUT2D eigenvalue weighted by Crippen LogP contribution is 2.28. The maximum absolute atomic E-state index is 6.09. The molecule has 0 fully saturated rings. The van der Waals surface area contributed by atoms with Crippen LogP contribution in [0.3, 0.4) is 0 Å². The average molecular weight is 263 g/mol. The second-order valence-corrected chi connectivity index (χ2v) is 4.40. The highest BCUT2D eigenvalue weighted by molar-refractivity contribution is 6.35. The Morgan fingerprint density at radius 1 is 1.00 bits per heavy atom. The molecule has 0 bridgehead atoms. The van der Waals surface area contributed by atoms with E-state index in [9.17, 15) is 0 Å². The van der Waals surface area contributed by atoms with E-state index in [4.69, 9.17) is 28.8 Å². The molecule has 0 atom stereocenters. The third-order valence-electron chi connectivity index (χ3n) is 2.66. The van der Waals surface area contributed by atoms with Gasteiger partial charge in [-0.2, -0.15) is 0 Å². The molecule has 0 saturated carbocycles. The quantitative estimate of drug-likeness (QED) is 0.640. The summed E-state index contributed by atoms with van der Waals surface area (Å²) in [6.07, 6.45) is 0. The molecule has 94 valence electrons. The van der Waals surface area contributed by atoms with Crippen LogP contribution in [0.2, 0.25) is 5.02 Å². The Labute approximate surface area is 111 Å². The van der Waals surface area contributed by atoms with E-state index in [1.54, 1.807) is 18.2 Å². The SMILES string of the molecule is Nc1ccc(N)c(CNc2cccc(N)c2Cl)c1. The van der Waals surface area contributed by atoms with Crippen molar-refractivity contribution in [3.63, 3.8) is 0 Å². The Morgan fingerprint density at radius 3 is 2.56 bits per heavy atom. The van der Waals surface area contributed by atoms with Gasteiger partial charge in [-0.1, -0.05) is 17.7 Å². The number of nitrogens with one attached hydrogen (secondary N) is 1. The third kappa shape index (κ3) is 2.60. The summed E-state index contributed by atoms with van der Waals surface area (Å²) in [7, 11) is 0. The first-order valence-corrected chi connectivity index (χ1v) is 5.87. The van der Waals surface area contributed by atoms with Gasteiger partial charge in [0.25, 0.3) is 0 Å². The Kier molecular flexibility index (Phi) is 3.48. The van der Waals surface area contributed by atoms with Crippen molar-refractivity contribution in [2.75, 3.05) is 22.5 Å². The molecule has 0 amide bonds. The minimum absolute atomic E-state index is 0.514. The van der Waals surface area contributed by atoms with Crippen LogP contribution in [0.4, 0.5) is 22.7 Å². The van der Waals surface area contributed by atoms with Crippen LogP contribution >= 0.6 is 11.6 Å². The van der Waals surface area contributed by atoms with Crippen LogP contribution in [-0.2, 0) is 6.54 Å². The van der Waals surface area contributed by atoms with Gasteiger partial charge in [0.05, 0.1) is 16.4 Å². The average Bonchev–Trinajstić information content (AvgIpc) is 2.35. The second-order valence-electron chi connectivity index (χ2n) is 4.02. The van der Waals surface area contributed by atoms with Crippen LogP contribution in [0.25, 0.3) is 0 Å². The zero-order valence-corrected chi connectivity index (χ0v) is 10.5. The molecular weight excluding hydrogens is 248 g/mol. The molecular formula is C13H15ClN4. The Hall–Kier alpha value is -2.07. The van der Waals surface area contributed by atoms with E-state index in [1.807, 2.05) is 18.2 Å². The van der Waals surface area contributed by atoms with Gasteiger partial charge in [0.1, 0.15) is 0 Å². The Morgan fingerprint density at radius 2 is 1.78 bits per heavy atom. The van der Waals surface area contributed by atoms with Crippen LogP contribution in [0.1, 0.15) is 5.56 Å². The topological polar surface area (TPSA) is 90.1 Å². The van der Waals surface area contributed by atoms with Crippen molar-refractivity contribution in [3.8, 4) is 0 Å². The van der Waals surface area contributed by atoms with Crippen LogP contribution in [0.15, 0.2) is 36.4 Å². The number of hydrogen-bond donors (Lipinski definition) is 4. The zero-order chi connectivity index (χ0) is 13.1. The smallest absolute Gasteiger partial charge is 0.0866 e. The first-order chi connectivity index (χ1) is 8.58. The molecule has 0 aliphatic heterocycles. The Balaban J connectivity index is 2.16. The lowest BCUT2D eigenvalue weighted by Crippen LogP contribution is -2.04. The van der Waals surface area contributed by atoms with Crippen LogP contribution in [0, 0.1) is 0 Å². The molecule has 0 radical (unpaired) electrons. The minimum Gasteiger partial charge on any atom is -0.399 e. The molecule has 0 aromatic heterocycles. The molecule has 5 heteroatoms. The number of nitrogens with two attached hydrogens (primary N) is 3. The third-order valence-corrected chi connectivity index (χ3v) is 3.09. The molecule has 2 aromatic carbocycles. The van der Waals surface area contributed by atoms with E-state index in [0.717, 1.165) is 11.3 Å². The van der Waals surface area contributed by atoms with Gasteiger partial charge in [-0.25, -0.2) is 0 Å². The first kappa shape index (κ1) is 12.4. The number of nitrogen functional groups attached to an aromatic ring is 3. The van der Waals surface area contributed by atoms with Gasteiger partial charge >= 0.3 is 0 Å². The maximum Gasteiger partial charge on any atom is 0.0866 e. The van der Waals surface area contributed by atoms with Gasteiger partial charge in [-0.3, -0.25) is 0 Å². The van der Waals surface area contributed by atoms with Gasteiger partial charge in [-0.15, -0.1) is 0 Å². The number of hydrogen-bond acceptors (Lipinski definition) is 4. The number of anilines is 4. The van der Waals surface area contributed by atoms with Crippen LogP contribution < -0.4 is 22.5 Å². The van der Waals surface area contributed by atoms with Gasteiger partial charge in [0.15, 0.2) is 0 Å². The maximum atomic E-state index is 6.09. The molecule has 18 heavy (non-hydrogen) atoms. The first-order valence-electron chi connectivity index (χ1n) is 5.49. The normalized spacial score (nSPS) is 10.3. The summed E-state index contributed by atoms with van der Waals surface area (Å²) in [5.41, 5.74) is 20.9. The molecule has 0 aliphatic rings. The lowest BCUT2D eigenvalue weighted by molar-refractivity contribution is 1.15. The predicted octanol–water partition coefficient (Wildman–Crippen LogP) is 2.70. The van der Waals surface area contributed by atoms with Crippen molar-refractivity contribution < 1.29 is 0 Å². The fourth-order valence-corrected chi connectivity index (χ4v) is 1.85. The molecule has 2 rings (SSSR count). The summed E-state index contributed by atoms with van der Waals surface area (Å²) in [5, 5.41) is 3.70. The summed E-state index contributed by atoms with van der Waals surface area (Å²) in [5.74, 6) is 0. The number of rotatable bonds is 3. The van der Waals surface area contributed by atoms with Crippen molar-refractivity contribution >= 4 is 34.4 Å². The fourth-order valence-electron chi connectivity index (χ4n) is 1.66. The monoisotopic (exact) mass is 262 g/mol. The highest BCUT2D eigenvalue weighted by atomic mass is 35.5. The second kappa shape index (κ2) is 5.06. The van der Waals surface area contributed by atoms with Crippen molar-refractivity contribution in [2.24, 2.45) is 0 Å². The van der Waals surface area contributed by atoms with Gasteiger partial charge in [-0.05, 0) is 35.9 Å². The molecule has 0 spiro atoms. The van der Waals surface area contributed by atoms with E-state index in [2.05, 4.69) is 5.32 Å². The van der Waals surface area contributed by atoms with E-state index >= 15 is 0 Å². The van der Waals surface area contributed by atoms with Crippen LogP contribution in [-0.4, -0.2) is 0 Å². The predicted molar refractivity (Wildman–Crippen MR) is 78.5 cm³/mol. The summed E-state index contributed by atoms with van der Waals surface area (Å²) < 4.78 is 0. The van der Waals surface area contributed by atoms with E-state index < -0.39 is 0 Å². The Bertz CT molecular complexity index is 567. The number of benzene rings is 2. The molecule has 0 aliphatic carbocycles. The molecule has 4 nitrogen and oxygen atoms in total. The van der Waals surface area contributed by atoms with Crippen molar-refractivity contribution in [1.29, 1.82) is 0 Å². The van der Waals surface area contributed by atoms with E-state index in [1.165, 1.54) is 0 Å². The van der Waals surface area contributed by atoms with E-state index in [-0.39, 0.29) is 0 Å². The number of halogens is 1. The van der Waals surface area contributed by atoms with Crippen molar-refractivity contribution in [1.82, 2.24) is 0 Å². The zero-order valence-electron chi connectivity index (χ0n) is 9.78. The van der Waals surface area contributed by atoms with Crippen molar-refractivity contribution in [3.05, 3.63) is 47.0 Å². The lowest BCUT2D eigenvalue weighted by Gasteiger charge is -2.12. The lowest BCUT2D eigenvalue weighted by atomic mass is 10.1. The molecule has 2 aromatic rings. The van der Waals surface area contributed by atoms with Gasteiger partial charge in [0, 0.05) is 17.9 Å². The van der Waals surface area contributed by atoms with Crippen LogP contribution in [0.5, 0.6) is 0 Å². The minimum atomic E-state index is 0.514. The van der Waals surface area contributed by atoms with Crippen molar-refractivity contribution in [2.45, 2.75) is 6.54 Å². The highest BCUT2D eigenvalue weighted by Gasteiger charge is 2.04. The summed E-state index contributed by atoms with van der Waals surface area (Å²) in [6, 6.07) is 10.8. The molecule has 0 heterocycles. The molecule has 0 unspecified atom stereocenters. The summed E-state index contributed by atoms with van der Waals surface area (Å²) >= 11 is 6.09.